The van der Waals surface area contributed by atoms with Crippen molar-refractivity contribution >= 4 is 17.5 Å². The molecule has 2 aromatic rings. The fraction of sp³-hybridized carbons (Fsp3) is 0.440. The number of anilines is 1. The minimum atomic E-state index is 0.0328. The molecule has 1 N–H and O–H groups in total. The number of rotatable bonds is 8. The predicted octanol–water partition coefficient (Wildman–Crippen LogP) is 2.56. The van der Waals surface area contributed by atoms with E-state index < -0.39 is 0 Å². The smallest absolute Gasteiger partial charge is 0.253 e. The van der Waals surface area contributed by atoms with Gasteiger partial charge in [-0.15, -0.1) is 0 Å². The molecule has 33 heavy (non-hydrogen) atoms. The Morgan fingerprint density at radius 1 is 0.970 bits per heavy atom. The van der Waals surface area contributed by atoms with E-state index >= 15 is 0 Å². The van der Waals surface area contributed by atoms with Crippen LogP contribution in [0.4, 0.5) is 5.69 Å². The summed E-state index contributed by atoms with van der Waals surface area (Å²) in [4.78, 5) is 28.7. The third kappa shape index (κ3) is 5.64. The highest BCUT2D eigenvalue weighted by Crippen LogP contribution is 2.28. The average molecular weight is 454 g/mol. The van der Waals surface area contributed by atoms with Gasteiger partial charge in [0.1, 0.15) is 0 Å². The molecule has 8 heteroatoms. The predicted molar refractivity (Wildman–Crippen MR) is 125 cm³/mol. The lowest BCUT2D eigenvalue weighted by molar-refractivity contribution is -0.116. The van der Waals surface area contributed by atoms with E-state index in [-0.39, 0.29) is 11.8 Å². The zero-order valence-electron chi connectivity index (χ0n) is 19.3. The van der Waals surface area contributed by atoms with Gasteiger partial charge in [-0.3, -0.25) is 14.5 Å². The summed E-state index contributed by atoms with van der Waals surface area (Å²) in [6.07, 6.45) is 1.15. The topological polar surface area (TPSA) is 80.3 Å². The summed E-state index contributed by atoms with van der Waals surface area (Å²) < 4.78 is 16.4. The second-order valence-corrected chi connectivity index (χ2v) is 8.30. The van der Waals surface area contributed by atoms with Gasteiger partial charge in [0.25, 0.3) is 5.91 Å². The van der Waals surface area contributed by atoms with Gasteiger partial charge in [-0.2, -0.15) is 0 Å². The summed E-state index contributed by atoms with van der Waals surface area (Å²) in [7, 11) is 3.24. The van der Waals surface area contributed by atoms with E-state index in [2.05, 4.69) is 10.2 Å². The van der Waals surface area contributed by atoms with Crippen LogP contribution < -0.4 is 14.8 Å². The Bertz CT molecular complexity index is 1000. The Labute approximate surface area is 194 Å². The van der Waals surface area contributed by atoms with Crippen LogP contribution in [0.15, 0.2) is 36.4 Å². The van der Waals surface area contributed by atoms with Gasteiger partial charge >= 0.3 is 0 Å². The molecule has 0 saturated carbocycles. The summed E-state index contributed by atoms with van der Waals surface area (Å²) in [5.74, 6) is 1.49. The molecule has 2 heterocycles. The van der Waals surface area contributed by atoms with E-state index in [0.29, 0.717) is 56.2 Å². The number of amides is 2. The highest BCUT2D eigenvalue weighted by molar-refractivity contribution is 5.98. The molecule has 0 aliphatic carbocycles. The molecule has 0 spiro atoms. The van der Waals surface area contributed by atoms with Crippen molar-refractivity contribution in [1.29, 1.82) is 0 Å². The van der Waals surface area contributed by atoms with E-state index in [9.17, 15) is 9.59 Å². The lowest BCUT2D eigenvalue weighted by Gasteiger charge is -2.34. The maximum Gasteiger partial charge on any atom is 0.253 e. The summed E-state index contributed by atoms with van der Waals surface area (Å²) >= 11 is 0. The van der Waals surface area contributed by atoms with Crippen molar-refractivity contribution in [2.75, 3.05) is 58.9 Å². The number of hydrogen-bond acceptors (Lipinski definition) is 6. The minimum absolute atomic E-state index is 0.0328. The number of ether oxygens (including phenoxy) is 3. The van der Waals surface area contributed by atoms with Gasteiger partial charge in [-0.05, 0) is 47.9 Å². The van der Waals surface area contributed by atoms with E-state index in [1.165, 1.54) is 0 Å². The van der Waals surface area contributed by atoms with Gasteiger partial charge in [0, 0.05) is 50.4 Å². The largest absolute Gasteiger partial charge is 0.493 e. The number of aryl methyl sites for hydroxylation is 1. The van der Waals surface area contributed by atoms with Crippen LogP contribution in [0.1, 0.15) is 27.9 Å². The molecular weight excluding hydrogens is 422 g/mol. The Kier molecular flexibility index (Phi) is 7.47. The van der Waals surface area contributed by atoms with Crippen molar-refractivity contribution in [2.24, 2.45) is 0 Å². The number of carbonyl (C=O) groups excluding carboxylic acids is 2. The summed E-state index contributed by atoms with van der Waals surface area (Å²) in [5.41, 5.74) is 3.58. The van der Waals surface area contributed by atoms with Gasteiger partial charge in [0.05, 0.1) is 27.4 Å². The molecular formula is C25H31N3O5. The highest BCUT2D eigenvalue weighted by atomic mass is 16.5. The SMILES string of the molecule is COc1ccc(COCCN2CCN(C(=O)c3ccc4c(c3)CCC(=O)N4)CC2)cc1OC. The molecule has 2 aliphatic rings. The Hall–Kier alpha value is -3.10. The number of methoxy groups -OCH3 is 2. The molecule has 1 saturated heterocycles. The first-order chi connectivity index (χ1) is 16.1. The van der Waals surface area contributed by atoms with Crippen molar-refractivity contribution in [3.05, 3.63) is 53.1 Å². The van der Waals surface area contributed by atoms with E-state index in [1.54, 1.807) is 20.3 Å². The highest BCUT2D eigenvalue weighted by Gasteiger charge is 2.23. The minimum Gasteiger partial charge on any atom is -0.493 e. The fourth-order valence-electron chi connectivity index (χ4n) is 4.23. The maximum atomic E-state index is 12.9. The molecule has 0 aromatic heterocycles. The van der Waals surface area contributed by atoms with Crippen LogP contribution >= 0.6 is 0 Å². The first kappa shape index (κ1) is 23.1. The second kappa shape index (κ2) is 10.7. The fourth-order valence-corrected chi connectivity index (χ4v) is 4.23. The summed E-state index contributed by atoms with van der Waals surface area (Å²) in [6.45, 7) is 5.01. The number of fused-ring (bicyclic) bond motifs is 1. The molecule has 0 bridgehead atoms. The number of nitrogens with one attached hydrogen (secondary N) is 1. The molecule has 2 aromatic carbocycles. The van der Waals surface area contributed by atoms with Crippen LogP contribution in [-0.2, 0) is 22.6 Å². The summed E-state index contributed by atoms with van der Waals surface area (Å²) in [5, 5.41) is 2.86. The van der Waals surface area contributed by atoms with Crippen LogP contribution in [0.25, 0.3) is 0 Å². The number of hydrogen-bond donors (Lipinski definition) is 1. The van der Waals surface area contributed by atoms with Crippen molar-refractivity contribution in [1.82, 2.24) is 9.80 Å². The van der Waals surface area contributed by atoms with E-state index in [4.69, 9.17) is 14.2 Å². The van der Waals surface area contributed by atoms with Crippen molar-refractivity contribution in [3.63, 3.8) is 0 Å². The third-order valence-electron chi connectivity index (χ3n) is 6.18. The molecule has 1 fully saturated rings. The molecule has 176 valence electrons. The molecule has 2 amide bonds. The molecule has 0 atom stereocenters. The average Bonchev–Trinajstić information content (AvgIpc) is 2.86. The van der Waals surface area contributed by atoms with Crippen LogP contribution in [0, 0.1) is 0 Å². The van der Waals surface area contributed by atoms with Gasteiger partial charge in [0.15, 0.2) is 11.5 Å². The van der Waals surface area contributed by atoms with Gasteiger partial charge in [0.2, 0.25) is 5.91 Å². The normalized spacial score (nSPS) is 16.2. The number of piperazine rings is 1. The second-order valence-electron chi connectivity index (χ2n) is 8.30. The molecule has 2 aliphatic heterocycles. The van der Waals surface area contributed by atoms with Crippen molar-refractivity contribution < 1.29 is 23.8 Å². The Balaban J connectivity index is 1.20. The van der Waals surface area contributed by atoms with Gasteiger partial charge in [-0.1, -0.05) is 6.07 Å². The number of carbonyl (C=O) groups is 2. The number of nitrogens with zero attached hydrogens (tertiary/aromatic N) is 2. The summed E-state index contributed by atoms with van der Waals surface area (Å²) in [6, 6.07) is 11.4. The first-order valence-electron chi connectivity index (χ1n) is 11.3. The molecule has 0 unspecified atom stereocenters. The quantitative estimate of drug-likeness (QED) is 0.619. The van der Waals surface area contributed by atoms with E-state index in [1.807, 2.05) is 35.2 Å². The molecule has 0 radical (unpaired) electrons. The zero-order valence-corrected chi connectivity index (χ0v) is 19.3. The zero-order chi connectivity index (χ0) is 23.2. The van der Waals surface area contributed by atoms with Crippen molar-refractivity contribution in [2.45, 2.75) is 19.4 Å². The standard InChI is InChI=1S/C25H31N3O5/c1-31-22-7-3-18(15-23(22)32-2)17-33-14-13-27-9-11-28(12-10-27)25(30)20-4-6-21-19(16-20)5-8-24(29)26-21/h3-4,6-7,15-16H,5,8-14,17H2,1-2H3,(H,26,29). The van der Waals surface area contributed by atoms with Crippen LogP contribution in [0.2, 0.25) is 0 Å². The van der Waals surface area contributed by atoms with Crippen molar-refractivity contribution in [3.8, 4) is 11.5 Å². The van der Waals surface area contributed by atoms with Crippen LogP contribution in [0.5, 0.6) is 11.5 Å². The molecule has 4 rings (SSSR count). The van der Waals surface area contributed by atoms with Crippen LogP contribution in [-0.4, -0.2) is 75.2 Å². The van der Waals surface area contributed by atoms with Crippen LogP contribution in [0.3, 0.4) is 0 Å². The lowest BCUT2D eigenvalue weighted by atomic mass is 10.00. The van der Waals surface area contributed by atoms with Gasteiger partial charge in [-0.25, -0.2) is 0 Å². The Morgan fingerprint density at radius 3 is 2.52 bits per heavy atom. The third-order valence-corrected chi connectivity index (χ3v) is 6.18. The van der Waals surface area contributed by atoms with Gasteiger partial charge < -0.3 is 24.4 Å². The number of benzene rings is 2. The monoisotopic (exact) mass is 453 g/mol. The van der Waals surface area contributed by atoms with E-state index in [0.717, 1.165) is 36.4 Å². The molecule has 8 nitrogen and oxygen atoms in total. The lowest BCUT2D eigenvalue weighted by Crippen LogP contribution is -2.49. The maximum absolute atomic E-state index is 12.9. The Morgan fingerprint density at radius 2 is 1.76 bits per heavy atom. The first-order valence-corrected chi connectivity index (χ1v) is 11.3.